The maximum absolute atomic E-state index is 13.4. The molecule has 2 aliphatic rings. The fourth-order valence-corrected chi connectivity index (χ4v) is 4.87. The van der Waals surface area contributed by atoms with Crippen LogP contribution in [0.15, 0.2) is 54.9 Å². The maximum Gasteiger partial charge on any atom is 0.227 e. The van der Waals surface area contributed by atoms with E-state index in [1.807, 2.05) is 53.7 Å². The average Bonchev–Trinajstić information content (AvgIpc) is 2.88. The minimum Gasteiger partial charge on any atom is -0.497 e. The van der Waals surface area contributed by atoms with Gasteiger partial charge >= 0.3 is 0 Å². The fourth-order valence-electron chi connectivity index (χ4n) is 4.87. The largest absolute Gasteiger partial charge is 0.497 e. The summed E-state index contributed by atoms with van der Waals surface area (Å²) in [6.07, 6.45) is 5.63. The molecule has 2 saturated heterocycles. The first-order valence-electron chi connectivity index (χ1n) is 11.4. The zero-order chi connectivity index (χ0) is 21.9. The SMILES string of the molecule is COc1ccc2nccc(N3CCCC(C(=O)N4CCN(c5ccccn5)CC4)C3)c2c1. The number of methoxy groups -OCH3 is 1. The van der Waals surface area contributed by atoms with Crippen LogP contribution in [0, 0.1) is 5.92 Å². The number of amides is 1. The van der Waals surface area contributed by atoms with E-state index in [1.165, 1.54) is 0 Å². The fraction of sp³-hybridized carbons (Fsp3) is 0.400. The Balaban J connectivity index is 1.28. The number of aromatic nitrogens is 2. The van der Waals surface area contributed by atoms with Gasteiger partial charge in [-0.15, -0.1) is 0 Å². The van der Waals surface area contributed by atoms with Crippen LogP contribution in [0.2, 0.25) is 0 Å². The Morgan fingerprint density at radius 1 is 0.969 bits per heavy atom. The number of anilines is 2. The molecule has 0 bridgehead atoms. The molecule has 1 amide bonds. The van der Waals surface area contributed by atoms with Crippen LogP contribution in [-0.2, 0) is 4.79 Å². The molecule has 0 saturated carbocycles. The van der Waals surface area contributed by atoms with Gasteiger partial charge in [-0.05, 0) is 49.2 Å². The summed E-state index contributed by atoms with van der Waals surface area (Å²) >= 11 is 0. The molecule has 0 aliphatic carbocycles. The quantitative estimate of drug-likeness (QED) is 0.632. The number of fused-ring (bicyclic) bond motifs is 1. The van der Waals surface area contributed by atoms with Crippen LogP contribution in [0.1, 0.15) is 12.8 Å². The van der Waals surface area contributed by atoms with Gasteiger partial charge in [0.15, 0.2) is 0 Å². The third kappa shape index (κ3) is 4.07. The number of carbonyl (C=O) groups is 1. The molecule has 166 valence electrons. The molecule has 0 N–H and O–H groups in total. The molecule has 1 aromatic carbocycles. The summed E-state index contributed by atoms with van der Waals surface area (Å²) in [5.74, 6) is 2.12. The minimum atomic E-state index is 0.0268. The lowest BCUT2D eigenvalue weighted by Crippen LogP contribution is -2.52. The van der Waals surface area contributed by atoms with E-state index in [0.29, 0.717) is 0 Å². The Hall–Kier alpha value is -3.35. The second-order valence-electron chi connectivity index (χ2n) is 8.50. The van der Waals surface area contributed by atoms with Gasteiger partial charge in [-0.2, -0.15) is 0 Å². The number of pyridine rings is 2. The zero-order valence-corrected chi connectivity index (χ0v) is 18.5. The summed E-state index contributed by atoms with van der Waals surface area (Å²) in [7, 11) is 1.68. The summed E-state index contributed by atoms with van der Waals surface area (Å²) in [5.41, 5.74) is 2.08. The first kappa shape index (κ1) is 20.5. The van der Waals surface area contributed by atoms with Gasteiger partial charge < -0.3 is 19.4 Å². The summed E-state index contributed by atoms with van der Waals surface area (Å²) in [6, 6.07) is 14.0. The Kier molecular flexibility index (Phi) is 5.79. The van der Waals surface area contributed by atoms with Gasteiger partial charge in [-0.25, -0.2) is 4.98 Å². The maximum atomic E-state index is 13.4. The molecule has 2 aromatic heterocycles. The normalized spacial score (nSPS) is 19.3. The van der Waals surface area contributed by atoms with Crippen LogP contribution in [0.4, 0.5) is 11.5 Å². The predicted molar refractivity (Wildman–Crippen MR) is 126 cm³/mol. The van der Waals surface area contributed by atoms with E-state index in [9.17, 15) is 4.79 Å². The molecule has 0 radical (unpaired) electrons. The van der Waals surface area contributed by atoms with Crippen molar-refractivity contribution in [2.75, 3.05) is 56.2 Å². The number of piperazine rings is 1. The first-order valence-corrected chi connectivity index (χ1v) is 11.4. The Bertz CT molecular complexity index is 1080. The Morgan fingerprint density at radius 3 is 2.62 bits per heavy atom. The zero-order valence-electron chi connectivity index (χ0n) is 18.5. The molecule has 7 nitrogen and oxygen atoms in total. The number of piperidine rings is 1. The molecule has 5 rings (SSSR count). The van der Waals surface area contributed by atoms with Crippen molar-refractivity contribution in [3.63, 3.8) is 0 Å². The van der Waals surface area contributed by atoms with Crippen LogP contribution < -0.4 is 14.5 Å². The molecule has 7 heteroatoms. The van der Waals surface area contributed by atoms with Crippen molar-refractivity contribution in [2.24, 2.45) is 5.92 Å². The number of nitrogens with zero attached hydrogens (tertiary/aromatic N) is 5. The number of rotatable bonds is 4. The third-order valence-corrected chi connectivity index (χ3v) is 6.60. The molecule has 1 atom stereocenters. The monoisotopic (exact) mass is 431 g/mol. The highest BCUT2D eigenvalue weighted by Crippen LogP contribution is 2.32. The molecule has 2 fully saturated rings. The van der Waals surface area contributed by atoms with E-state index in [2.05, 4.69) is 25.8 Å². The number of ether oxygens (including phenoxy) is 1. The van der Waals surface area contributed by atoms with Crippen molar-refractivity contribution in [2.45, 2.75) is 12.8 Å². The van der Waals surface area contributed by atoms with Crippen molar-refractivity contribution in [3.8, 4) is 5.75 Å². The summed E-state index contributed by atoms with van der Waals surface area (Å²) in [6.45, 7) is 4.85. The van der Waals surface area contributed by atoms with Gasteiger partial charge in [0.25, 0.3) is 0 Å². The molecule has 32 heavy (non-hydrogen) atoms. The molecule has 4 heterocycles. The molecular formula is C25H29N5O2. The lowest BCUT2D eigenvalue weighted by Gasteiger charge is -2.40. The highest BCUT2D eigenvalue weighted by Gasteiger charge is 2.31. The van der Waals surface area contributed by atoms with Gasteiger partial charge in [-0.1, -0.05) is 6.07 Å². The third-order valence-electron chi connectivity index (χ3n) is 6.60. The average molecular weight is 432 g/mol. The topological polar surface area (TPSA) is 61.8 Å². The van der Waals surface area contributed by atoms with E-state index in [-0.39, 0.29) is 11.8 Å². The molecule has 1 unspecified atom stereocenters. The van der Waals surface area contributed by atoms with Crippen molar-refractivity contribution < 1.29 is 9.53 Å². The standard InChI is InChI=1S/C25H29N5O2/c1-32-20-7-8-22-21(17-20)23(9-11-26-22)30-12-4-5-19(18-30)25(31)29-15-13-28(14-16-29)24-6-2-3-10-27-24/h2-3,6-11,17,19H,4-5,12-16,18H2,1H3. The second kappa shape index (κ2) is 9.02. The van der Waals surface area contributed by atoms with Gasteiger partial charge in [0.05, 0.1) is 18.5 Å². The lowest BCUT2D eigenvalue weighted by atomic mass is 9.95. The van der Waals surface area contributed by atoms with Crippen LogP contribution in [-0.4, -0.2) is 67.2 Å². The molecule has 0 spiro atoms. The Morgan fingerprint density at radius 2 is 1.84 bits per heavy atom. The van der Waals surface area contributed by atoms with Crippen molar-refractivity contribution in [1.82, 2.24) is 14.9 Å². The van der Waals surface area contributed by atoms with E-state index < -0.39 is 0 Å². The first-order chi connectivity index (χ1) is 15.7. The lowest BCUT2D eigenvalue weighted by molar-refractivity contribution is -0.136. The smallest absolute Gasteiger partial charge is 0.227 e. The van der Waals surface area contributed by atoms with Crippen LogP contribution >= 0.6 is 0 Å². The van der Waals surface area contributed by atoms with Crippen LogP contribution in [0.25, 0.3) is 10.9 Å². The highest BCUT2D eigenvalue weighted by molar-refractivity contribution is 5.93. The summed E-state index contributed by atoms with van der Waals surface area (Å²) < 4.78 is 5.43. The van der Waals surface area contributed by atoms with E-state index in [0.717, 1.165) is 80.3 Å². The number of hydrogen-bond acceptors (Lipinski definition) is 6. The van der Waals surface area contributed by atoms with Crippen molar-refractivity contribution >= 4 is 28.3 Å². The van der Waals surface area contributed by atoms with E-state index in [4.69, 9.17) is 4.74 Å². The Labute approximate surface area is 188 Å². The van der Waals surface area contributed by atoms with Gasteiger partial charge in [0.1, 0.15) is 11.6 Å². The highest BCUT2D eigenvalue weighted by atomic mass is 16.5. The number of carbonyl (C=O) groups excluding carboxylic acids is 1. The van der Waals surface area contributed by atoms with Crippen LogP contribution in [0.5, 0.6) is 5.75 Å². The predicted octanol–water partition coefficient (Wildman–Crippen LogP) is 3.20. The number of hydrogen-bond donors (Lipinski definition) is 0. The summed E-state index contributed by atoms with van der Waals surface area (Å²) in [5, 5.41) is 1.07. The second-order valence-corrected chi connectivity index (χ2v) is 8.50. The van der Waals surface area contributed by atoms with Crippen LogP contribution in [0.3, 0.4) is 0 Å². The van der Waals surface area contributed by atoms with E-state index in [1.54, 1.807) is 7.11 Å². The molecular weight excluding hydrogens is 402 g/mol. The van der Waals surface area contributed by atoms with Crippen molar-refractivity contribution in [1.29, 1.82) is 0 Å². The molecule has 2 aliphatic heterocycles. The van der Waals surface area contributed by atoms with E-state index >= 15 is 0 Å². The van der Waals surface area contributed by atoms with Crippen molar-refractivity contribution in [3.05, 3.63) is 54.9 Å². The summed E-state index contributed by atoms with van der Waals surface area (Å²) in [4.78, 5) is 29.0. The van der Waals surface area contributed by atoms with Gasteiger partial charge in [0.2, 0.25) is 5.91 Å². The van der Waals surface area contributed by atoms with Gasteiger partial charge in [-0.3, -0.25) is 9.78 Å². The van der Waals surface area contributed by atoms with Gasteiger partial charge in [0, 0.05) is 62.7 Å². The molecule has 3 aromatic rings. The number of benzene rings is 1. The minimum absolute atomic E-state index is 0.0268.